The summed E-state index contributed by atoms with van der Waals surface area (Å²) in [6.07, 6.45) is 4.22. The van der Waals surface area contributed by atoms with Crippen LogP contribution in [0, 0.1) is 11.7 Å². The van der Waals surface area contributed by atoms with Gasteiger partial charge < -0.3 is 14.5 Å². The molecule has 1 aromatic heterocycles. The van der Waals surface area contributed by atoms with E-state index in [0.717, 1.165) is 30.4 Å². The first kappa shape index (κ1) is 19.8. The standard InChI is InChI=1S/C19H22FN3O5/c1-12-4-2-3-5-15(12)21-16(24)11-27-17(25)10-23-19(26)28-18(22-23)13-6-8-14(20)9-7-13/h6-9,12,15H,2-5,10-11H2,1H3,(H,21,24)/t12-,15+/m0/s1. The highest BCUT2D eigenvalue weighted by Gasteiger charge is 2.23. The zero-order valence-corrected chi connectivity index (χ0v) is 15.5. The zero-order valence-electron chi connectivity index (χ0n) is 15.5. The molecule has 1 N–H and O–H groups in total. The molecule has 0 unspecified atom stereocenters. The van der Waals surface area contributed by atoms with Gasteiger partial charge in [-0.05, 0) is 43.0 Å². The van der Waals surface area contributed by atoms with Crippen LogP contribution in [0.5, 0.6) is 0 Å². The molecule has 1 fully saturated rings. The Balaban J connectivity index is 1.51. The fourth-order valence-corrected chi connectivity index (χ4v) is 3.21. The lowest BCUT2D eigenvalue weighted by Crippen LogP contribution is -2.43. The van der Waals surface area contributed by atoms with E-state index in [1.165, 1.54) is 24.3 Å². The van der Waals surface area contributed by atoms with Crippen molar-refractivity contribution in [3.05, 3.63) is 40.6 Å². The molecule has 1 aromatic carbocycles. The predicted molar refractivity (Wildman–Crippen MR) is 96.7 cm³/mol. The maximum atomic E-state index is 13.0. The van der Waals surface area contributed by atoms with Crippen molar-refractivity contribution in [2.75, 3.05) is 6.61 Å². The number of esters is 1. The number of amides is 1. The minimum atomic E-state index is -0.850. The number of carbonyl (C=O) groups is 2. The van der Waals surface area contributed by atoms with Crippen LogP contribution in [-0.2, 0) is 20.9 Å². The van der Waals surface area contributed by atoms with Crippen LogP contribution in [0.15, 0.2) is 33.5 Å². The first-order chi connectivity index (χ1) is 13.4. The highest BCUT2D eigenvalue weighted by atomic mass is 19.1. The van der Waals surface area contributed by atoms with Crippen molar-refractivity contribution in [1.82, 2.24) is 15.1 Å². The summed E-state index contributed by atoms with van der Waals surface area (Å²) in [7, 11) is 0. The molecule has 0 aliphatic heterocycles. The molecule has 2 aromatic rings. The fraction of sp³-hybridized carbons (Fsp3) is 0.474. The van der Waals surface area contributed by atoms with Crippen molar-refractivity contribution in [3.8, 4) is 11.5 Å². The van der Waals surface area contributed by atoms with Crippen LogP contribution < -0.4 is 11.1 Å². The molecule has 3 rings (SSSR count). The van der Waals surface area contributed by atoms with E-state index in [1.807, 2.05) is 0 Å². The molecule has 150 valence electrons. The van der Waals surface area contributed by atoms with Gasteiger partial charge in [0.05, 0.1) is 0 Å². The molecule has 1 aliphatic rings. The van der Waals surface area contributed by atoms with Crippen LogP contribution >= 0.6 is 0 Å². The van der Waals surface area contributed by atoms with E-state index >= 15 is 0 Å². The van der Waals surface area contributed by atoms with Gasteiger partial charge in [0.15, 0.2) is 6.61 Å². The predicted octanol–water partition coefficient (Wildman–Crippen LogP) is 1.88. The van der Waals surface area contributed by atoms with E-state index in [0.29, 0.717) is 11.5 Å². The Morgan fingerprint density at radius 2 is 2.00 bits per heavy atom. The molecule has 8 nitrogen and oxygen atoms in total. The third-order valence-corrected chi connectivity index (χ3v) is 4.80. The van der Waals surface area contributed by atoms with E-state index in [-0.39, 0.29) is 17.8 Å². The summed E-state index contributed by atoms with van der Waals surface area (Å²) >= 11 is 0. The van der Waals surface area contributed by atoms with Crippen molar-refractivity contribution < 1.29 is 23.1 Å². The van der Waals surface area contributed by atoms with E-state index in [1.54, 1.807) is 0 Å². The van der Waals surface area contributed by atoms with E-state index in [9.17, 15) is 18.8 Å². The molecule has 0 radical (unpaired) electrons. The minimum absolute atomic E-state index is 0.0400. The summed E-state index contributed by atoms with van der Waals surface area (Å²) in [4.78, 5) is 35.7. The number of benzene rings is 1. The smallest absolute Gasteiger partial charge is 0.437 e. The SMILES string of the molecule is C[C@H]1CCCC[C@H]1NC(=O)COC(=O)Cn1nc(-c2ccc(F)cc2)oc1=O. The average Bonchev–Trinajstić information content (AvgIpc) is 3.03. The average molecular weight is 391 g/mol. The first-order valence-corrected chi connectivity index (χ1v) is 9.21. The molecule has 28 heavy (non-hydrogen) atoms. The minimum Gasteiger partial charge on any atom is -0.454 e. The zero-order chi connectivity index (χ0) is 20.1. The van der Waals surface area contributed by atoms with Gasteiger partial charge >= 0.3 is 11.7 Å². The molecule has 1 heterocycles. The van der Waals surface area contributed by atoms with E-state index in [2.05, 4.69) is 17.3 Å². The van der Waals surface area contributed by atoms with Gasteiger partial charge in [-0.25, -0.2) is 9.18 Å². The molecule has 1 saturated carbocycles. The Kier molecular flexibility index (Phi) is 6.23. The van der Waals surface area contributed by atoms with Crippen molar-refractivity contribution in [1.29, 1.82) is 0 Å². The Hall–Kier alpha value is -2.97. The maximum Gasteiger partial charge on any atom is 0.437 e. The Labute approximate surface area is 160 Å². The number of halogens is 1. The highest BCUT2D eigenvalue weighted by Crippen LogP contribution is 2.23. The first-order valence-electron chi connectivity index (χ1n) is 9.21. The largest absolute Gasteiger partial charge is 0.454 e. The summed E-state index contributed by atoms with van der Waals surface area (Å²) in [6.45, 7) is 1.18. The monoisotopic (exact) mass is 391 g/mol. The van der Waals surface area contributed by atoms with Gasteiger partial charge in [0.2, 0.25) is 5.89 Å². The van der Waals surface area contributed by atoms with Gasteiger partial charge in [0, 0.05) is 11.6 Å². The van der Waals surface area contributed by atoms with E-state index in [4.69, 9.17) is 9.15 Å². The van der Waals surface area contributed by atoms with Gasteiger partial charge in [-0.15, -0.1) is 5.10 Å². The summed E-state index contributed by atoms with van der Waals surface area (Å²) < 4.78 is 23.7. The van der Waals surface area contributed by atoms with Crippen LogP contribution in [0.4, 0.5) is 4.39 Å². The number of ether oxygens (including phenoxy) is 1. The summed E-state index contributed by atoms with van der Waals surface area (Å²) in [5.74, 6) is -2.08. The van der Waals surface area contributed by atoms with Crippen molar-refractivity contribution in [3.63, 3.8) is 0 Å². The van der Waals surface area contributed by atoms with Crippen LogP contribution in [-0.4, -0.2) is 34.3 Å². The van der Waals surface area contributed by atoms with Gasteiger partial charge in [0.1, 0.15) is 12.4 Å². The maximum absolute atomic E-state index is 13.0. The molecule has 0 spiro atoms. The number of hydrogen-bond donors (Lipinski definition) is 1. The lowest BCUT2D eigenvalue weighted by molar-refractivity contribution is -0.149. The second-order valence-electron chi connectivity index (χ2n) is 6.93. The number of nitrogens with zero attached hydrogens (tertiary/aromatic N) is 2. The quantitative estimate of drug-likeness (QED) is 0.754. The molecule has 1 aliphatic carbocycles. The third-order valence-electron chi connectivity index (χ3n) is 4.80. The molecular weight excluding hydrogens is 369 g/mol. The third kappa shape index (κ3) is 5.05. The second kappa shape index (κ2) is 8.81. The lowest BCUT2D eigenvalue weighted by Gasteiger charge is -2.29. The molecule has 1 amide bonds. The fourth-order valence-electron chi connectivity index (χ4n) is 3.21. The summed E-state index contributed by atoms with van der Waals surface area (Å²) in [5.41, 5.74) is 0.395. The summed E-state index contributed by atoms with van der Waals surface area (Å²) in [5, 5.41) is 6.77. The number of rotatable bonds is 6. The second-order valence-corrected chi connectivity index (χ2v) is 6.93. The molecule has 9 heteroatoms. The number of hydrogen-bond acceptors (Lipinski definition) is 6. The van der Waals surface area contributed by atoms with E-state index < -0.39 is 30.7 Å². The van der Waals surface area contributed by atoms with Crippen molar-refractivity contribution >= 4 is 11.9 Å². The van der Waals surface area contributed by atoms with Gasteiger partial charge in [-0.2, -0.15) is 4.68 Å². The van der Waals surface area contributed by atoms with Gasteiger partial charge in [0.25, 0.3) is 5.91 Å². The number of aromatic nitrogens is 2. The molecule has 0 saturated heterocycles. The molecule has 0 bridgehead atoms. The topological polar surface area (TPSA) is 103 Å². The van der Waals surface area contributed by atoms with Gasteiger partial charge in [-0.1, -0.05) is 19.8 Å². The Bertz CT molecular complexity index is 890. The summed E-state index contributed by atoms with van der Waals surface area (Å²) in [6, 6.07) is 5.30. The van der Waals surface area contributed by atoms with Gasteiger partial charge in [-0.3, -0.25) is 9.59 Å². The Morgan fingerprint density at radius 3 is 2.71 bits per heavy atom. The Morgan fingerprint density at radius 1 is 1.29 bits per heavy atom. The van der Waals surface area contributed by atoms with Crippen LogP contribution in [0.1, 0.15) is 32.6 Å². The van der Waals surface area contributed by atoms with Crippen LogP contribution in [0.2, 0.25) is 0 Å². The molecular formula is C19H22FN3O5. The normalized spacial score (nSPS) is 19.2. The molecule has 2 atom stereocenters. The number of carbonyl (C=O) groups excluding carboxylic acids is 2. The van der Waals surface area contributed by atoms with Crippen LogP contribution in [0.3, 0.4) is 0 Å². The van der Waals surface area contributed by atoms with Crippen molar-refractivity contribution in [2.24, 2.45) is 5.92 Å². The van der Waals surface area contributed by atoms with Crippen LogP contribution in [0.25, 0.3) is 11.5 Å². The number of nitrogens with one attached hydrogen (secondary N) is 1. The highest BCUT2D eigenvalue weighted by molar-refractivity contribution is 5.80. The van der Waals surface area contributed by atoms with Crippen molar-refractivity contribution in [2.45, 2.75) is 45.2 Å². The lowest BCUT2D eigenvalue weighted by atomic mass is 9.86.